The maximum absolute atomic E-state index is 7.17. The van der Waals surface area contributed by atoms with Gasteiger partial charge >= 0.3 is 0 Å². The Morgan fingerprint density at radius 3 is 2.74 bits per heavy atom. The number of aromatic nitrogens is 3. The van der Waals surface area contributed by atoms with E-state index in [4.69, 9.17) is 21.2 Å². The van der Waals surface area contributed by atoms with Crippen LogP contribution in [0.4, 0.5) is 0 Å². The first-order valence-corrected chi connectivity index (χ1v) is 11.6. The molecule has 1 fully saturated rings. The molecule has 3 heterocycles. The number of allylic oxidation sites excluding steroid dienone is 1. The molecule has 1 aliphatic carbocycles. The number of benzene rings is 1. The van der Waals surface area contributed by atoms with Crippen LogP contribution in [0.1, 0.15) is 18.7 Å². The van der Waals surface area contributed by atoms with Crippen LogP contribution in [-0.2, 0) is 17.3 Å². The Kier molecular flexibility index (Phi) is 5.58. The van der Waals surface area contributed by atoms with Crippen molar-refractivity contribution in [2.24, 2.45) is 18.5 Å². The number of hydrogen-bond acceptors (Lipinski definition) is 7. The molecule has 8 nitrogen and oxygen atoms in total. The fraction of sp³-hybridized carbons (Fsp3) is 0.385. The first kappa shape index (κ1) is 22.4. The van der Waals surface area contributed by atoms with Crippen molar-refractivity contribution < 1.29 is 4.74 Å². The molecule has 0 saturated carbocycles. The topological polar surface area (TPSA) is 98.5 Å². The number of rotatable bonds is 5. The first-order chi connectivity index (χ1) is 16.3. The third kappa shape index (κ3) is 3.63. The van der Waals surface area contributed by atoms with Gasteiger partial charge in [0.1, 0.15) is 11.3 Å². The second-order valence-electron chi connectivity index (χ2n) is 9.56. The zero-order valence-electron chi connectivity index (χ0n) is 20.3. The van der Waals surface area contributed by atoms with Crippen LogP contribution in [0.2, 0.25) is 0 Å². The van der Waals surface area contributed by atoms with Crippen molar-refractivity contribution in [2.75, 3.05) is 34.3 Å². The smallest absolute Gasteiger partial charge is 0.155 e. The quantitative estimate of drug-likeness (QED) is 0.605. The molecular formula is C26H33N7O. The van der Waals surface area contributed by atoms with Gasteiger partial charge in [-0.15, -0.1) is 0 Å². The Hall–Kier alpha value is -3.36. The number of nitrogens with two attached hydrogens (primary N) is 2. The van der Waals surface area contributed by atoms with Gasteiger partial charge in [-0.05, 0) is 32.6 Å². The van der Waals surface area contributed by atoms with E-state index in [2.05, 4.69) is 51.8 Å². The summed E-state index contributed by atoms with van der Waals surface area (Å²) in [6, 6.07) is 10.7. The molecule has 178 valence electrons. The predicted molar refractivity (Wildman–Crippen MR) is 134 cm³/mol. The zero-order valence-corrected chi connectivity index (χ0v) is 20.3. The van der Waals surface area contributed by atoms with Crippen molar-refractivity contribution in [3.8, 4) is 11.3 Å². The fourth-order valence-electron chi connectivity index (χ4n) is 5.23. The summed E-state index contributed by atoms with van der Waals surface area (Å²) in [5.41, 5.74) is 17.3. The monoisotopic (exact) mass is 459 g/mol. The lowest BCUT2D eigenvalue weighted by Gasteiger charge is -2.39. The van der Waals surface area contributed by atoms with E-state index in [9.17, 15) is 0 Å². The Labute approximate surface area is 200 Å². The normalized spacial score (nSPS) is 23.2. The number of nitrogens with zero attached hydrogens (tertiary/aromatic N) is 5. The molecule has 1 unspecified atom stereocenters. The Morgan fingerprint density at radius 2 is 2.00 bits per heavy atom. The summed E-state index contributed by atoms with van der Waals surface area (Å²) in [5.74, 6) is 1.23. The molecule has 3 aromatic rings. The molecule has 1 saturated heterocycles. The minimum atomic E-state index is -0.950. The van der Waals surface area contributed by atoms with E-state index in [1.807, 2.05) is 31.3 Å². The Morgan fingerprint density at radius 1 is 1.21 bits per heavy atom. The average Bonchev–Trinajstić information content (AvgIpc) is 3.45. The minimum absolute atomic E-state index is 0.393. The van der Waals surface area contributed by atoms with Gasteiger partial charge in [-0.2, -0.15) is 0 Å². The lowest BCUT2D eigenvalue weighted by atomic mass is 9.84. The lowest BCUT2D eigenvalue weighted by molar-refractivity contribution is 0.249. The van der Waals surface area contributed by atoms with Crippen molar-refractivity contribution in [3.05, 3.63) is 71.8 Å². The van der Waals surface area contributed by atoms with Crippen LogP contribution in [-0.4, -0.2) is 64.7 Å². The SMILES string of the molecule is COC1=C(N)CC(N)(c2nccc(-c3cn(C)c4ccccc34)n2)C(N2CC[C@@H](N(C)C)C2)=C1. The van der Waals surface area contributed by atoms with Crippen molar-refractivity contribution in [1.82, 2.24) is 24.3 Å². The summed E-state index contributed by atoms with van der Waals surface area (Å²) in [6.07, 6.45) is 7.34. The number of aryl methyl sites for hydroxylation is 1. The van der Waals surface area contributed by atoms with E-state index in [0.717, 1.165) is 47.4 Å². The van der Waals surface area contributed by atoms with Gasteiger partial charge in [0.25, 0.3) is 0 Å². The maximum Gasteiger partial charge on any atom is 0.155 e. The molecule has 5 rings (SSSR count). The van der Waals surface area contributed by atoms with Crippen LogP contribution in [0.25, 0.3) is 22.2 Å². The molecule has 0 radical (unpaired) electrons. The summed E-state index contributed by atoms with van der Waals surface area (Å²) >= 11 is 0. The highest BCUT2D eigenvalue weighted by Crippen LogP contribution is 2.40. The molecule has 0 amide bonds. The summed E-state index contributed by atoms with van der Waals surface area (Å²) in [6.45, 7) is 1.80. The van der Waals surface area contributed by atoms with E-state index in [0.29, 0.717) is 29.7 Å². The third-order valence-corrected chi connectivity index (χ3v) is 7.19. The van der Waals surface area contributed by atoms with Crippen molar-refractivity contribution in [3.63, 3.8) is 0 Å². The fourth-order valence-corrected chi connectivity index (χ4v) is 5.23. The molecule has 34 heavy (non-hydrogen) atoms. The van der Waals surface area contributed by atoms with Gasteiger partial charge in [0.05, 0.1) is 18.5 Å². The van der Waals surface area contributed by atoms with Crippen molar-refractivity contribution in [2.45, 2.75) is 24.4 Å². The summed E-state index contributed by atoms with van der Waals surface area (Å²) in [4.78, 5) is 14.3. The molecule has 2 aliphatic rings. The van der Waals surface area contributed by atoms with Crippen LogP contribution in [0.5, 0.6) is 0 Å². The molecule has 8 heteroatoms. The highest BCUT2D eigenvalue weighted by Gasteiger charge is 2.44. The van der Waals surface area contributed by atoms with Crippen LogP contribution < -0.4 is 11.5 Å². The molecule has 1 aromatic carbocycles. The highest BCUT2D eigenvalue weighted by molar-refractivity contribution is 5.95. The summed E-state index contributed by atoms with van der Waals surface area (Å²) < 4.78 is 7.70. The molecule has 2 atom stereocenters. The third-order valence-electron chi connectivity index (χ3n) is 7.19. The highest BCUT2D eigenvalue weighted by atomic mass is 16.5. The number of likely N-dealkylation sites (N-methyl/N-ethyl adjacent to an activating group) is 1. The Bertz CT molecular complexity index is 1290. The van der Waals surface area contributed by atoms with Gasteiger partial charge in [-0.3, -0.25) is 0 Å². The zero-order chi connectivity index (χ0) is 24.0. The molecule has 2 aromatic heterocycles. The molecule has 4 N–H and O–H groups in total. The number of methoxy groups -OCH3 is 1. The number of fused-ring (bicyclic) bond motifs is 1. The van der Waals surface area contributed by atoms with E-state index in [1.165, 1.54) is 0 Å². The largest absolute Gasteiger partial charge is 0.495 e. The molecule has 0 bridgehead atoms. The second kappa shape index (κ2) is 8.45. The van der Waals surface area contributed by atoms with E-state index >= 15 is 0 Å². The maximum atomic E-state index is 7.17. The minimum Gasteiger partial charge on any atom is -0.495 e. The van der Waals surface area contributed by atoms with Crippen molar-refractivity contribution >= 4 is 10.9 Å². The van der Waals surface area contributed by atoms with Gasteiger partial charge < -0.3 is 30.6 Å². The van der Waals surface area contributed by atoms with Gasteiger partial charge in [-0.25, -0.2) is 9.97 Å². The van der Waals surface area contributed by atoms with Crippen LogP contribution in [0.15, 0.2) is 66.0 Å². The predicted octanol–water partition coefficient (Wildman–Crippen LogP) is 2.53. The average molecular weight is 460 g/mol. The van der Waals surface area contributed by atoms with Gasteiger partial charge in [0, 0.05) is 73.2 Å². The number of likely N-dealkylation sites (tertiary alicyclic amines) is 1. The van der Waals surface area contributed by atoms with E-state index < -0.39 is 5.54 Å². The van der Waals surface area contributed by atoms with E-state index in [-0.39, 0.29) is 0 Å². The first-order valence-electron chi connectivity index (χ1n) is 11.6. The lowest BCUT2D eigenvalue weighted by Crippen LogP contribution is -2.49. The molecule has 0 spiro atoms. The molecule has 1 aliphatic heterocycles. The number of hydrogen-bond donors (Lipinski definition) is 2. The van der Waals surface area contributed by atoms with Gasteiger partial charge in [0.2, 0.25) is 0 Å². The van der Waals surface area contributed by atoms with Crippen LogP contribution in [0.3, 0.4) is 0 Å². The standard InChI is InChI=1S/C26H33N7O/c1-31(2)17-10-12-33(15-17)24-13-23(34-4)20(27)14-26(24,28)25-29-11-9-21(30-25)19-16-32(3)22-8-6-5-7-18(19)22/h5-9,11,13,16-17H,10,12,14-15,27-28H2,1-4H3/t17-,26?/m1/s1. The summed E-state index contributed by atoms with van der Waals surface area (Å²) in [5, 5.41) is 1.15. The van der Waals surface area contributed by atoms with Gasteiger partial charge in [0.15, 0.2) is 5.82 Å². The van der Waals surface area contributed by atoms with Crippen LogP contribution >= 0.6 is 0 Å². The number of ether oxygens (including phenoxy) is 1. The van der Waals surface area contributed by atoms with Gasteiger partial charge in [-0.1, -0.05) is 18.2 Å². The number of para-hydroxylation sites is 1. The molecular weight excluding hydrogens is 426 g/mol. The second-order valence-corrected chi connectivity index (χ2v) is 9.56. The van der Waals surface area contributed by atoms with E-state index in [1.54, 1.807) is 13.3 Å². The van der Waals surface area contributed by atoms with Crippen molar-refractivity contribution in [1.29, 1.82) is 0 Å². The summed E-state index contributed by atoms with van der Waals surface area (Å²) in [7, 11) is 7.93. The van der Waals surface area contributed by atoms with Crippen LogP contribution in [0, 0.1) is 0 Å². The Balaban J connectivity index is 1.59.